The van der Waals surface area contributed by atoms with Crippen LogP contribution in [0, 0.1) is 19.8 Å². The second-order valence-corrected chi connectivity index (χ2v) is 10.2. The van der Waals surface area contributed by atoms with E-state index in [0.29, 0.717) is 47.6 Å². The Labute approximate surface area is 214 Å². The molecule has 4 rings (SSSR count). The number of carbonyl (C=O) groups is 2. The van der Waals surface area contributed by atoms with Gasteiger partial charge in [-0.3, -0.25) is 9.59 Å². The number of aromatic nitrogens is 1. The summed E-state index contributed by atoms with van der Waals surface area (Å²) in [5.41, 5.74) is 2.39. The molecule has 0 radical (unpaired) electrons. The number of rotatable bonds is 5. The Balaban J connectivity index is 1.60. The van der Waals surface area contributed by atoms with E-state index in [1.165, 1.54) is 4.90 Å². The fourth-order valence-electron chi connectivity index (χ4n) is 5.34. The highest BCUT2D eigenvalue weighted by molar-refractivity contribution is 6.33. The van der Waals surface area contributed by atoms with Crippen LogP contribution in [0.3, 0.4) is 0 Å². The maximum Gasteiger partial charge on any atom is 0.404 e. The van der Waals surface area contributed by atoms with Crippen molar-refractivity contribution in [3.05, 3.63) is 49.9 Å². The van der Waals surface area contributed by atoms with Crippen LogP contribution in [0.1, 0.15) is 66.7 Å². The molecule has 36 heavy (non-hydrogen) atoms. The van der Waals surface area contributed by atoms with E-state index in [0.717, 1.165) is 24.1 Å². The molecular weight excluding hydrogens is 486 g/mol. The summed E-state index contributed by atoms with van der Waals surface area (Å²) in [6.07, 6.45) is 2.38. The van der Waals surface area contributed by atoms with Crippen molar-refractivity contribution in [2.24, 2.45) is 5.92 Å². The zero-order valence-electron chi connectivity index (χ0n) is 21.2. The number of aryl methyl sites for hydroxylation is 2. The number of nitrogens with one attached hydrogen (secondary N) is 2. The Morgan fingerprint density at radius 1 is 1.19 bits per heavy atom. The Hall–Kier alpha value is -3.20. The second kappa shape index (κ2) is 9.69. The van der Waals surface area contributed by atoms with Gasteiger partial charge in [0.15, 0.2) is 11.5 Å². The smallest absolute Gasteiger partial charge is 0.404 e. The van der Waals surface area contributed by atoms with Crippen LogP contribution in [0.4, 0.5) is 10.5 Å². The summed E-state index contributed by atoms with van der Waals surface area (Å²) in [6, 6.07) is 3.34. The third kappa shape index (κ3) is 4.64. The van der Waals surface area contributed by atoms with Crippen molar-refractivity contribution in [2.45, 2.75) is 71.6 Å². The van der Waals surface area contributed by atoms with Crippen molar-refractivity contribution in [1.82, 2.24) is 10.3 Å². The topological polar surface area (TPSA) is 121 Å². The third-order valence-corrected chi connectivity index (χ3v) is 7.60. The predicted octanol–water partition coefficient (Wildman–Crippen LogP) is 4.80. The molecule has 9 nitrogen and oxygen atoms in total. The lowest BCUT2D eigenvalue weighted by Gasteiger charge is -2.37. The Bertz CT molecular complexity index is 1270. The molecule has 2 heterocycles. The van der Waals surface area contributed by atoms with E-state index in [4.69, 9.17) is 26.2 Å². The summed E-state index contributed by atoms with van der Waals surface area (Å²) in [4.78, 5) is 41.4. The fraction of sp³-hybridized carbons (Fsp3) is 0.500. The molecule has 1 aromatic heterocycles. The molecule has 1 aromatic carbocycles. The van der Waals surface area contributed by atoms with Crippen molar-refractivity contribution >= 4 is 29.3 Å². The van der Waals surface area contributed by atoms with Gasteiger partial charge in [-0.1, -0.05) is 18.5 Å². The number of anilines is 1. The van der Waals surface area contributed by atoms with Gasteiger partial charge in [0.25, 0.3) is 17.3 Å². The van der Waals surface area contributed by atoms with E-state index in [1.807, 2.05) is 19.9 Å². The van der Waals surface area contributed by atoms with E-state index in [2.05, 4.69) is 10.3 Å². The first kappa shape index (κ1) is 25.9. The number of hydrogen-bond acceptors (Lipinski definition) is 5. The normalized spacial score (nSPS) is 22.8. The highest BCUT2D eigenvalue weighted by atomic mass is 35.5. The van der Waals surface area contributed by atoms with Gasteiger partial charge < -0.3 is 29.8 Å². The molecule has 3 N–H and O–H groups in total. The number of carboxylic acid groups (broad SMARTS) is 1. The molecule has 0 bridgehead atoms. The molecule has 2 aromatic rings. The number of amides is 2. The highest BCUT2D eigenvalue weighted by Crippen LogP contribution is 2.51. The Morgan fingerprint density at radius 3 is 2.44 bits per heavy atom. The van der Waals surface area contributed by atoms with E-state index >= 15 is 0 Å². The third-order valence-electron chi connectivity index (χ3n) is 7.32. The number of halogens is 1. The zero-order valence-corrected chi connectivity index (χ0v) is 21.9. The monoisotopic (exact) mass is 517 g/mol. The summed E-state index contributed by atoms with van der Waals surface area (Å²) >= 11 is 6.58. The summed E-state index contributed by atoms with van der Waals surface area (Å²) < 4.78 is 12.6. The van der Waals surface area contributed by atoms with Crippen LogP contribution in [0.2, 0.25) is 5.02 Å². The average molecular weight is 518 g/mol. The van der Waals surface area contributed by atoms with Crippen molar-refractivity contribution in [3.8, 4) is 11.5 Å². The summed E-state index contributed by atoms with van der Waals surface area (Å²) in [7, 11) is 1.58. The predicted molar refractivity (Wildman–Crippen MR) is 137 cm³/mol. The first-order chi connectivity index (χ1) is 16.9. The van der Waals surface area contributed by atoms with E-state index < -0.39 is 11.9 Å². The number of nitrogens with zero attached hydrogens (tertiary/aromatic N) is 1. The van der Waals surface area contributed by atoms with Gasteiger partial charge in [0.2, 0.25) is 0 Å². The maximum atomic E-state index is 13.6. The van der Waals surface area contributed by atoms with Gasteiger partial charge in [-0.25, -0.2) is 4.79 Å². The lowest BCUT2D eigenvalue weighted by molar-refractivity contribution is -0.121. The van der Waals surface area contributed by atoms with E-state index in [9.17, 15) is 14.4 Å². The zero-order chi connectivity index (χ0) is 26.4. The molecule has 1 unspecified atom stereocenters. The van der Waals surface area contributed by atoms with Gasteiger partial charge in [-0.15, -0.1) is 0 Å². The molecule has 1 saturated carbocycles. The van der Waals surface area contributed by atoms with Crippen LogP contribution in [0.15, 0.2) is 16.9 Å². The number of ether oxygens (including phenoxy) is 2. The van der Waals surface area contributed by atoms with Crippen LogP contribution >= 0.6 is 11.6 Å². The molecule has 0 spiro atoms. The van der Waals surface area contributed by atoms with Gasteiger partial charge in [-0.05, 0) is 63.6 Å². The van der Waals surface area contributed by atoms with Crippen LogP contribution in [0.5, 0.6) is 11.5 Å². The molecule has 1 aliphatic heterocycles. The number of pyridine rings is 1. The standard InChI is InChI=1S/C26H32ClN3O6/c1-6-15-11-13(2)28-23(31)20(15)30(5)24(32)18-12-19(27)22-21(14(18)3)35-26(4,36-22)16-7-9-17(10-8-16)29-25(33)34/h11-12,16-17,29H,6-10H2,1-5H3,(H,28,31)(H,33,34). The lowest BCUT2D eigenvalue weighted by atomic mass is 9.81. The van der Waals surface area contributed by atoms with E-state index in [-0.39, 0.29) is 28.4 Å². The molecule has 1 aliphatic carbocycles. The molecule has 2 amide bonds. The highest BCUT2D eigenvalue weighted by Gasteiger charge is 2.47. The van der Waals surface area contributed by atoms with Gasteiger partial charge in [0, 0.05) is 42.8 Å². The molecular formula is C26H32ClN3O6. The second-order valence-electron chi connectivity index (χ2n) is 9.78. The fourth-order valence-corrected chi connectivity index (χ4v) is 5.57. The van der Waals surface area contributed by atoms with Gasteiger partial charge in [-0.2, -0.15) is 0 Å². The van der Waals surface area contributed by atoms with Crippen molar-refractivity contribution < 1.29 is 24.2 Å². The van der Waals surface area contributed by atoms with Gasteiger partial charge >= 0.3 is 6.09 Å². The molecule has 194 valence electrons. The van der Waals surface area contributed by atoms with Gasteiger partial charge in [0.05, 0.1) is 5.02 Å². The average Bonchev–Trinajstić information content (AvgIpc) is 3.19. The summed E-state index contributed by atoms with van der Waals surface area (Å²) in [5, 5.41) is 11.8. The molecule has 10 heteroatoms. The number of carbonyl (C=O) groups excluding carboxylic acids is 1. The first-order valence-electron chi connectivity index (χ1n) is 12.2. The summed E-state index contributed by atoms with van der Waals surface area (Å²) in [6.45, 7) is 7.37. The number of benzene rings is 1. The lowest BCUT2D eigenvalue weighted by Crippen LogP contribution is -2.47. The largest absolute Gasteiger partial charge is 0.465 e. The number of fused-ring (bicyclic) bond motifs is 1. The number of hydrogen-bond donors (Lipinski definition) is 3. The molecule has 0 saturated heterocycles. The SMILES string of the molecule is CCc1cc(C)[nH]c(=O)c1N(C)C(=O)c1cc(Cl)c2c(c1C)OC(C)(C1CCC(NC(=O)O)CC1)O2. The minimum atomic E-state index is -1.02. The van der Waals surface area contributed by atoms with Crippen molar-refractivity contribution in [1.29, 1.82) is 0 Å². The Morgan fingerprint density at radius 2 is 1.83 bits per heavy atom. The van der Waals surface area contributed by atoms with Crippen LogP contribution in [0.25, 0.3) is 0 Å². The number of H-pyrrole nitrogens is 1. The van der Waals surface area contributed by atoms with Crippen LogP contribution in [-0.4, -0.2) is 41.0 Å². The molecule has 2 aliphatic rings. The van der Waals surface area contributed by atoms with Crippen molar-refractivity contribution in [2.75, 3.05) is 11.9 Å². The van der Waals surface area contributed by atoms with Crippen LogP contribution < -0.4 is 25.2 Å². The Kier molecular flexibility index (Phi) is 6.96. The van der Waals surface area contributed by atoms with E-state index in [1.54, 1.807) is 27.0 Å². The maximum absolute atomic E-state index is 13.6. The van der Waals surface area contributed by atoms with Crippen molar-refractivity contribution in [3.63, 3.8) is 0 Å². The molecule has 1 atom stereocenters. The molecule has 1 fully saturated rings. The summed E-state index contributed by atoms with van der Waals surface area (Å²) in [5.74, 6) is -0.529. The van der Waals surface area contributed by atoms with Gasteiger partial charge in [0.1, 0.15) is 5.69 Å². The minimum Gasteiger partial charge on any atom is -0.465 e. The number of aromatic amines is 1. The van der Waals surface area contributed by atoms with Crippen LogP contribution in [-0.2, 0) is 6.42 Å². The quantitative estimate of drug-likeness (QED) is 0.524. The first-order valence-corrected chi connectivity index (χ1v) is 12.5. The minimum absolute atomic E-state index is 0.0206.